The van der Waals surface area contributed by atoms with Gasteiger partial charge in [-0.1, -0.05) is 34.2 Å². The minimum atomic E-state index is -0.752. The Morgan fingerprint density at radius 2 is 2.11 bits per heavy atom. The van der Waals surface area contributed by atoms with Crippen LogP contribution in [0.15, 0.2) is 23.8 Å². The summed E-state index contributed by atoms with van der Waals surface area (Å²) in [6, 6.07) is 0. The van der Waals surface area contributed by atoms with Gasteiger partial charge in [-0.25, -0.2) is 0 Å². The van der Waals surface area contributed by atoms with E-state index in [4.69, 9.17) is 11.6 Å². The first-order valence-corrected chi connectivity index (χ1v) is 7.84. The number of hydrogen-bond donors (Lipinski definition) is 1. The van der Waals surface area contributed by atoms with Gasteiger partial charge in [0.1, 0.15) is 0 Å². The zero-order valence-electron chi connectivity index (χ0n) is 11.6. The molecule has 0 aromatic heterocycles. The average molecular weight is 336 g/mol. The van der Waals surface area contributed by atoms with Gasteiger partial charge < -0.3 is 5.11 Å². The van der Waals surface area contributed by atoms with Crippen molar-refractivity contribution in [2.24, 2.45) is 0 Å². The van der Waals surface area contributed by atoms with Crippen molar-refractivity contribution in [1.82, 2.24) is 0 Å². The molecular weight excluding hydrogens is 312 g/mol. The summed E-state index contributed by atoms with van der Waals surface area (Å²) >= 11 is 10.0. The molecule has 1 aliphatic rings. The van der Waals surface area contributed by atoms with Crippen LogP contribution in [0.1, 0.15) is 52.9 Å². The van der Waals surface area contributed by atoms with Crippen LogP contribution in [0.4, 0.5) is 0 Å². The van der Waals surface area contributed by atoms with E-state index in [1.54, 1.807) is 0 Å². The highest BCUT2D eigenvalue weighted by Crippen LogP contribution is 2.45. The average Bonchev–Trinajstić information content (AvgIpc) is 2.24. The van der Waals surface area contributed by atoms with Crippen molar-refractivity contribution in [2.75, 3.05) is 0 Å². The third-order valence-electron chi connectivity index (χ3n) is 3.85. The summed E-state index contributed by atoms with van der Waals surface area (Å²) in [7, 11) is 0. The number of halogens is 2. The molecule has 0 heterocycles. The molecule has 18 heavy (non-hydrogen) atoms. The van der Waals surface area contributed by atoms with Crippen molar-refractivity contribution in [1.29, 1.82) is 0 Å². The quantitative estimate of drug-likeness (QED) is 0.568. The predicted molar refractivity (Wildman–Crippen MR) is 83.6 cm³/mol. The van der Waals surface area contributed by atoms with Crippen LogP contribution in [0.2, 0.25) is 0 Å². The lowest BCUT2D eigenvalue weighted by molar-refractivity contribution is 0.0323. The standard InChI is InChI=1S/C15H24BrClO/c1-11(2)6-5-7-12(3)15(18)9-8-14(4,17)13(16)10-15/h6,13,18H,3,5,7-10H2,1-2,4H3/t13-,14-,15+/m1/s1. The van der Waals surface area contributed by atoms with Crippen LogP contribution in [-0.4, -0.2) is 20.4 Å². The molecule has 3 atom stereocenters. The number of alkyl halides is 2. The van der Waals surface area contributed by atoms with Crippen molar-refractivity contribution in [3.63, 3.8) is 0 Å². The second-order valence-electron chi connectivity index (χ2n) is 5.91. The fourth-order valence-corrected chi connectivity index (χ4v) is 3.24. The summed E-state index contributed by atoms with van der Waals surface area (Å²) in [5.41, 5.74) is 1.50. The zero-order chi connectivity index (χ0) is 14.0. The van der Waals surface area contributed by atoms with E-state index in [0.29, 0.717) is 12.8 Å². The fourth-order valence-electron chi connectivity index (χ4n) is 2.31. The molecular formula is C15H24BrClO. The maximum Gasteiger partial charge on any atom is 0.0866 e. The van der Waals surface area contributed by atoms with Gasteiger partial charge in [-0.05, 0) is 58.4 Å². The van der Waals surface area contributed by atoms with Crippen LogP contribution in [0.3, 0.4) is 0 Å². The molecule has 1 aliphatic carbocycles. The molecule has 0 saturated heterocycles. The van der Waals surface area contributed by atoms with E-state index in [1.807, 2.05) is 6.92 Å². The molecule has 0 aromatic carbocycles. The van der Waals surface area contributed by atoms with Crippen LogP contribution >= 0.6 is 27.5 Å². The third kappa shape index (κ3) is 4.11. The Balaban J connectivity index is 2.60. The van der Waals surface area contributed by atoms with Gasteiger partial charge in [0.2, 0.25) is 0 Å². The highest BCUT2D eigenvalue weighted by molar-refractivity contribution is 9.09. The normalized spacial score (nSPS) is 36.2. The molecule has 1 nitrogen and oxygen atoms in total. The Hall–Kier alpha value is 0.210. The molecule has 1 fully saturated rings. The van der Waals surface area contributed by atoms with Gasteiger partial charge in [0.15, 0.2) is 0 Å². The van der Waals surface area contributed by atoms with E-state index in [9.17, 15) is 5.11 Å². The van der Waals surface area contributed by atoms with E-state index < -0.39 is 5.60 Å². The number of allylic oxidation sites excluding steroid dienone is 2. The minimum Gasteiger partial charge on any atom is -0.385 e. The molecule has 3 heteroatoms. The summed E-state index contributed by atoms with van der Waals surface area (Å²) < 4.78 is 0. The van der Waals surface area contributed by atoms with E-state index in [1.165, 1.54) is 5.57 Å². The molecule has 0 spiro atoms. The molecule has 1 rings (SSSR count). The van der Waals surface area contributed by atoms with Crippen molar-refractivity contribution >= 4 is 27.5 Å². The monoisotopic (exact) mass is 334 g/mol. The first-order chi connectivity index (χ1) is 8.17. The Kier molecular flexibility index (Phi) is 5.52. The van der Waals surface area contributed by atoms with Gasteiger partial charge in [0, 0.05) is 4.83 Å². The first-order valence-electron chi connectivity index (χ1n) is 6.54. The Bertz CT molecular complexity index is 344. The number of rotatable bonds is 4. The molecule has 0 amide bonds. The highest BCUT2D eigenvalue weighted by Gasteiger charge is 2.45. The number of aliphatic hydroxyl groups is 1. The van der Waals surface area contributed by atoms with E-state index >= 15 is 0 Å². The van der Waals surface area contributed by atoms with Crippen LogP contribution in [0.25, 0.3) is 0 Å². The summed E-state index contributed by atoms with van der Waals surface area (Å²) in [5.74, 6) is 0. The Morgan fingerprint density at radius 1 is 1.50 bits per heavy atom. The molecule has 0 bridgehead atoms. The highest BCUT2D eigenvalue weighted by atomic mass is 79.9. The van der Waals surface area contributed by atoms with Gasteiger partial charge in [0.25, 0.3) is 0 Å². The molecule has 1 N–H and O–H groups in total. The predicted octanol–water partition coefficient (Wildman–Crippen LogP) is 4.97. The van der Waals surface area contributed by atoms with Gasteiger partial charge >= 0.3 is 0 Å². The molecule has 0 radical (unpaired) electrons. The molecule has 0 aromatic rings. The van der Waals surface area contributed by atoms with Crippen LogP contribution in [0, 0.1) is 0 Å². The van der Waals surface area contributed by atoms with E-state index in [2.05, 4.69) is 42.4 Å². The summed E-state index contributed by atoms with van der Waals surface area (Å²) in [6.07, 6.45) is 6.16. The lowest BCUT2D eigenvalue weighted by Gasteiger charge is -2.43. The van der Waals surface area contributed by atoms with Crippen molar-refractivity contribution in [3.05, 3.63) is 23.8 Å². The van der Waals surface area contributed by atoms with Crippen molar-refractivity contribution in [3.8, 4) is 0 Å². The summed E-state index contributed by atoms with van der Waals surface area (Å²) in [4.78, 5) is -0.127. The topological polar surface area (TPSA) is 20.2 Å². The van der Waals surface area contributed by atoms with Gasteiger partial charge in [0.05, 0.1) is 10.5 Å². The smallest absolute Gasteiger partial charge is 0.0866 e. The molecule has 1 saturated carbocycles. The van der Waals surface area contributed by atoms with Gasteiger partial charge in [-0.15, -0.1) is 11.6 Å². The first kappa shape index (κ1) is 16.3. The molecule has 104 valence electrons. The Labute approximate surface area is 124 Å². The van der Waals surface area contributed by atoms with E-state index in [0.717, 1.165) is 24.8 Å². The van der Waals surface area contributed by atoms with Crippen molar-refractivity contribution < 1.29 is 5.11 Å². The van der Waals surface area contributed by atoms with Crippen LogP contribution in [-0.2, 0) is 0 Å². The van der Waals surface area contributed by atoms with Crippen LogP contribution < -0.4 is 0 Å². The molecule has 0 aliphatic heterocycles. The summed E-state index contributed by atoms with van der Waals surface area (Å²) in [6.45, 7) is 10.3. The second kappa shape index (κ2) is 6.11. The van der Waals surface area contributed by atoms with Gasteiger partial charge in [-0.2, -0.15) is 0 Å². The maximum absolute atomic E-state index is 10.7. The van der Waals surface area contributed by atoms with Crippen molar-refractivity contribution in [2.45, 2.75) is 68.2 Å². The fraction of sp³-hybridized carbons (Fsp3) is 0.733. The minimum absolute atomic E-state index is 0.130. The number of hydrogen-bond acceptors (Lipinski definition) is 1. The lowest BCUT2D eigenvalue weighted by Crippen LogP contribution is -2.46. The maximum atomic E-state index is 10.7. The zero-order valence-corrected chi connectivity index (χ0v) is 13.9. The summed E-state index contributed by atoms with van der Waals surface area (Å²) in [5, 5.41) is 10.7. The Morgan fingerprint density at radius 3 is 2.61 bits per heavy atom. The largest absolute Gasteiger partial charge is 0.385 e. The van der Waals surface area contributed by atoms with Crippen LogP contribution in [0.5, 0.6) is 0 Å². The lowest BCUT2D eigenvalue weighted by atomic mass is 9.74. The van der Waals surface area contributed by atoms with E-state index in [-0.39, 0.29) is 9.70 Å². The van der Waals surface area contributed by atoms with Gasteiger partial charge in [-0.3, -0.25) is 0 Å². The molecule has 0 unspecified atom stereocenters. The second-order valence-corrected chi connectivity index (χ2v) is 7.87. The third-order valence-corrected chi connectivity index (χ3v) is 5.90. The SMILES string of the molecule is C=C(CCC=C(C)C)[C@]1(O)CC[C@@](C)(Cl)[C@H](Br)C1.